The van der Waals surface area contributed by atoms with Gasteiger partial charge in [-0.1, -0.05) is 13.8 Å². The fourth-order valence-electron chi connectivity index (χ4n) is 2.10. The lowest BCUT2D eigenvalue weighted by Gasteiger charge is -2.08. The quantitative estimate of drug-likeness (QED) is 0.568. The Hall–Kier alpha value is -2.31. The smallest absolute Gasteiger partial charge is 0.340 e. The van der Waals surface area contributed by atoms with E-state index in [4.69, 9.17) is 4.74 Å². The molecule has 0 aromatic carbocycles. The Morgan fingerprint density at radius 2 is 1.82 bits per heavy atom. The number of nitrogens with one attached hydrogen (secondary N) is 3. The van der Waals surface area contributed by atoms with Crippen molar-refractivity contribution < 1.29 is 19.1 Å². The van der Waals surface area contributed by atoms with Gasteiger partial charge >= 0.3 is 5.97 Å². The minimum absolute atomic E-state index is 0.196. The normalized spacial score (nSPS) is 10.5. The van der Waals surface area contributed by atoms with Crippen LogP contribution < -0.4 is 10.9 Å². The molecule has 0 bridgehead atoms. The van der Waals surface area contributed by atoms with Crippen molar-refractivity contribution in [2.75, 3.05) is 6.61 Å². The number of aryl methyl sites for hydroxylation is 1. The zero-order chi connectivity index (χ0) is 16.9. The van der Waals surface area contributed by atoms with Crippen LogP contribution in [0.2, 0.25) is 0 Å². The number of esters is 1. The molecule has 1 aromatic rings. The average Bonchev–Trinajstić information content (AvgIpc) is 2.71. The van der Waals surface area contributed by atoms with Crippen LogP contribution in [0.3, 0.4) is 0 Å². The maximum absolute atomic E-state index is 12.1. The zero-order valence-electron chi connectivity index (χ0n) is 13.6. The number of hydrogen-bond donors (Lipinski definition) is 3. The molecule has 0 unspecified atom stereocenters. The molecule has 1 heterocycles. The lowest BCUT2D eigenvalue weighted by molar-refractivity contribution is -0.122. The zero-order valence-corrected chi connectivity index (χ0v) is 13.6. The minimum atomic E-state index is -0.506. The summed E-state index contributed by atoms with van der Waals surface area (Å²) in [5.41, 5.74) is 6.30. The molecule has 0 aliphatic heterocycles. The Morgan fingerprint density at radius 1 is 1.18 bits per heavy atom. The monoisotopic (exact) mass is 309 g/mol. The molecule has 1 rings (SSSR count). The number of hydrazine groups is 1. The largest absolute Gasteiger partial charge is 0.462 e. The van der Waals surface area contributed by atoms with Crippen LogP contribution in [-0.4, -0.2) is 29.4 Å². The molecular formula is C15H23N3O4. The lowest BCUT2D eigenvalue weighted by atomic mass is 10.1. The molecule has 0 fully saturated rings. The molecule has 1 aromatic heterocycles. The molecule has 0 saturated heterocycles. The van der Waals surface area contributed by atoms with E-state index in [-0.39, 0.29) is 24.1 Å². The van der Waals surface area contributed by atoms with Crippen LogP contribution in [0.4, 0.5) is 0 Å². The van der Waals surface area contributed by atoms with Crippen molar-refractivity contribution in [3.8, 4) is 0 Å². The molecular weight excluding hydrogens is 286 g/mol. The first-order valence-electron chi connectivity index (χ1n) is 7.23. The number of ether oxygens (including phenoxy) is 1. The Labute approximate surface area is 129 Å². The highest BCUT2D eigenvalue weighted by Crippen LogP contribution is 2.18. The molecule has 3 N–H and O–H groups in total. The number of amides is 2. The number of aromatic amines is 1. The average molecular weight is 309 g/mol. The first-order valence-corrected chi connectivity index (χ1v) is 7.23. The molecule has 0 aliphatic rings. The van der Waals surface area contributed by atoms with Crippen molar-refractivity contribution in [2.24, 2.45) is 5.92 Å². The Bertz CT molecular complexity index is 576. The second-order valence-corrected chi connectivity index (χ2v) is 5.45. The standard InChI is InChI=1S/C15H23N3O4/c1-6-22-15(21)12-9(4)13(16-10(12)5)14(20)18-17-11(19)7-8(2)3/h8,16H,6-7H2,1-5H3,(H,17,19)(H,18,20). The third-order valence-corrected chi connectivity index (χ3v) is 3.05. The summed E-state index contributed by atoms with van der Waals surface area (Å²) in [6.45, 7) is 9.13. The van der Waals surface area contributed by atoms with E-state index in [0.29, 0.717) is 23.2 Å². The van der Waals surface area contributed by atoms with Gasteiger partial charge in [0, 0.05) is 12.1 Å². The Morgan fingerprint density at radius 3 is 2.36 bits per heavy atom. The summed E-state index contributed by atoms with van der Waals surface area (Å²) in [7, 11) is 0. The van der Waals surface area contributed by atoms with E-state index >= 15 is 0 Å². The highest BCUT2D eigenvalue weighted by molar-refractivity contribution is 6.01. The van der Waals surface area contributed by atoms with Crippen LogP contribution in [-0.2, 0) is 9.53 Å². The molecule has 0 saturated carbocycles. The predicted molar refractivity (Wildman–Crippen MR) is 81.3 cm³/mol. The highest BCUT2D eigenvalue weighted by Gasteiger charge is 2.23. The van der Waals surface area contributed by atoms with Crippen LogP contribution in [0.25, 0.3) is 0 Å². The summed E-state index contributed by atoms with van der Waals surface area (Å²) in [5, 5.41) is 0. The van der Waals surface area contributed by atoms with E-state index in [1.807, 2.05) is 13.8 Å². The molecule has 0 spiro atoms. The summed E-state index contributed by atoms with van der Waals surface area (Å²) in [6, 6.07) is 0. The maximum atomic E-state index is 12.1. The number of carbonyl (C=O) groups is 3. The molecule has 2 amide bonds. The summed E-state index contributed by atoms with van der Waals surface area (Å²) in [5.74, 6) is -1.05. The van der Waals surface area contributed by atoms with E-state index in [1.54, 1.807) is 20.8 Å². The number of hydrogen-bond acceptors (Lipinski definition) is 4. The maximum Gasteiger partial charge on any atom is 0.340 e. The lowest BCUT2D eigenvalue weighted by Crippen LogP contribution is -2.42. The van der Waals surface area contributed by atoms with Crippen LogP contribution in [0.1, 0.15) is 59.3 Å². The fraction of sp³-hybridized carbons (Fsp3) is 0.533. The van der Waals surface area contributed by atoms with Crippen LogP contribution in [0, 0.1) is 19.8 Å². The number of aromatic nitrogens is 1. The van der Waals surface area contributed by atoms with Crippen LogP contribution in [0.15, 0.2) is 0 Å². The third-order valence-electron chi connectivity index (χ3n) is 3.05. The topological polar surface area (TPSA) is 100 Å². The van der Waals surface area contributed by atoms with E-state index in [2.05, 4.69) is 15.8 Å². The molecule has 7 nitrogen and oxygen atoms in total. The summed E-state index contributed by atoms with van der Waals surface area (Å²) < 4.78 is 4.96. The van der Waals surface area contributed by atoms with Crippen molar-refractivity contribution in [3.63, 3.8) is 0 Å². The Kier molecular flexibility index (Phi) is 6.15. The van der Waals surface area contributed by atoms with E-state index in [9.17, 15) is 14.4 Å². The van der Waals surface area contributed by atoms with Gasteiger partial charge in [-0.15, -0.1) is 0 Å². The molecule has 0 atom stereocenters. The van der Waals surface area contributed by atoms with Crippen molar-refractivity contribution in [2.45, 2.75) is 41.0 Å². The van der Waals surface area contributed by atoms with Gasteiger partial charge in [-0.25, -0.2) is 4.79 Å². The second kappa shape index (κ2) is 7.63. The van der Waals surface area contributed by atoms with E-state index in [1.165, 1.54) is 0 Å². The van der Waals surface area contributed by atoms with Gasteiger partial charge < -0.3 is 9.72 Å². The van der Waals surface area contributed by atoms with Gasteiger partial charge in [-0.3, -0.25) is 20.4 Å². The van der Waals surface area contributed by atoms with Crippen molar-refractivity contribution >= 4 is 17.8 Å². The number of carbonyl (C=O) groups excluding carboxylic acids is 3. The molecule has 0 aliphatic carbocycles. The van der Waals surface area contributed by atoms with Gasteiger partial charge in [-0.2, -0.15) is 0 Å². The first-order chi connectivity index (χ1) is 10.3. The predicted octanol–water partition coefficient (Wildman–Crippen LogP) is 1.62. The van der Waals surface area contributed by atoms with Gasteiger partial charge in [0.2, 0.25) is 5.91 Å². The highest BCUT2D eigenvalue weighted by atomic mass is 16.5. The van der Waals surface area contributed by atoms with Gasteiger partial charge in [0.25, 0.3) is 5.91 Å². The second-order valence-electron chi connectivity index (χ2n) is 5.45. The fourth-order valence-corrected chi connectivity index (χ4v) is 2.10. The van der Waals surface area contributed by atoms with Crippen molar-refractivity contribution in [1.82, 2.24) is 15.8 Å². The van der Waals surface area contributed by atoms with Gasteiger partial charge in [0.15, 0.2) is 0 Å². The number of H-pyrrole nitrogens is 1. The van der Waals surface area contributed by atoms with Gasteiger partial charge in [0.1, 0.15) is 5.69 Å². The van der Waals surface area contributed by atoms with Crippen molar-refractivity contribution in [3.05, 3.63) is 22.5 Å². The number of rotatable bonds is 5. The summed E-state index contributed by atoms with van der Waals surface area (Å²) in [4.78, 5) is 38.3. The van der Waals surface area contributed by atoms with Crippen molar-refractivity contribution in [1.29, 1.82) is 0 Å². The Balaban J connectivity index is 2.81. The SMILES string of the molecule is CCOC(=O)c1c(C)[nH]c(C(=O)NNC(=O)CC(C)C)c1C. The van der Waals surface area contributed by atoms with Crippen LogP contribution >= 0.6 is 0 Å². The van der Waals surface area contributed by atoms with E-state index < -0.39 is 11.9 Å². The van der Waals surface area contributed by atoms with Crippen LogP contribution in [0.5, 0.6) is 0 Å². The van der Waals surface area contributed by atoms with E-state index in [0.717, 1.165) is 0 Å². The summed E-state index contributed by atoms with van der Waals surface area (Å²) in [6.07, 6.45) is 0.317. The minimum Gasteiger partial charge on any atom is -0.462 e. The molecule has 122 valence electrons. The molecule has 22 heavy (non-hydrogen) atoms. The van der Waals surface area contributed by atoms with Gasteiger partial charge in [-0.05, 0) is 32.3 Å². The summed E-state index contributed by atoms with van der Waals surface area (Å²) >= 11 is 0. The third kappa shape index (κ3) is 4.34. The molecule has 0 radical (unpaired) electrons. The van der Waals surface area contributed by atoms with Gasteiger partial charge in [0.05, 0.1) is 12.2 Å². The first kappa shape index (κ1) is 17.7. The molecule has 7 heteroatoms.